The van der Waals surface area contributed by atoms with Gasteiger partial charge in [-0.05, 0) is 69.9 Å². The molecule has 0 aliphatic heterocycles. The number of aromatic nitrogens is 2. The Bertz CT molecular complexity index is 2170. The quantitative estimate of drug-likeness (QED) is 0.124. The molecular formula is C39H36F6N2O4Si. The number of para-hydroxylation sites is 4. The number of halogens is 6. The molecule has 4 aromatic carbocycles. The number of ether oxygens (including phenoxy) is 2. The van der Waals surface area contributed by atoms with Crippen LogP contribution in [-0.4, -0.2) is 35.7 Å². The second kappa shape index (κ2) is 14.6. The zero-order valence-corrected chi connectivity index (χ0v) is 29.9. The van der Waals surface area contributed by atoms with Crippen molar-refractivity contribution < 1.29 is 45.3 Å². The second-order valence-corrected chi connectivity index (χ2v) is 17.7. The minimum atomic E-state index is -4.83. The summed E-state index contributed by atoms with van der Waals surface area (Å²) in [5, 5.41) is 11.6. The first-order valence-corrected chi connectivity index (χ1v) is 19.5. The third kappa shape index (κ3) is 8.55. The van der Waals surface area contributed by atoms with Crippen LogP contribution < -0.4 is 9.47 Å². The summed E-state index contributed by atoms with van der Waals surface area (Å²) in [6, 6.07) is 29.9. The van der Waals surface area contributed by atoms with Gasteiger partial charge < -0.3 is 19.0 Å². The Kier molecular flexibility index (Phi) is 10.7. The number of fused-ring (bicyclic) bond motifs is 2. The number of hydrogen-bond acceptors (Lipinski definition) is 6. The average Bonchev–Trinajstić information content (AvgIpc) is 3.07. The first kappa shape index (κ1) is 38.3. The summed E-state index contributed by atoms with van der Waals surface area (Å²) in [5.74, 6) is 0.678. The Hall–Kier alpha value is -4.98. The van der Waals surface area contributed by atoms with Crippen LogP contribution in [-0.2, 0) is 15.6 Å². The maximum atomic E-state index is 14.1. The molecule has 13 heteroatoms. The lowest BCUT2D eigenvalue weighted by atomic mass is 9.94. The number of alkyl halides is 6. The molecule has 0 amide bonds. The van der Waals surface area contributed by atoms with E-state index in [0.29, 0.717) is 18.4 Å². The molecule has 2 atom stereocenters. The van der Waals surface area contributed by atoms with E-state index in [1.54, 1.807) is 50.0 Å². The zero-order valence-electron chi connectivity index (χ0n) is 28.9. The Balaban J connectivity index is 0.000000203. The summed E-state index contributed by atoms with van der Waals surface area (Å²) in [6.07, 6.45) is -6.49. The van der Waals surface area contributed by atoms with E-state index in [1.165, 1.54) is 42.7 Å². The lowest BCUT2D eigenvalue weighted by Gasteiger charge is -2.38. The standard InChI is InChI=1S/C21H22F3NO2Si.C18H14F3NO2/c1-20(21(22,23)24,27-28(2,3)4)17-10-6-8-12-19(17)26-16-13-15-9-5-7-11-18(15)25-14-16;1-17(23,18(19,20)21)14-7-3-5-9-16(14)24-13-10-12-6-2-4-8-15(12)22-11-13/h5-14H,1-4H3;2-11,23H,1H3. The van der Waals surface area contributed by atoms with E-state index in [1.807, 2.05) is 48.5 Å². The number of benzene rings is 4. The predicted molar refractivity (Wildman–Crippen MR) is 190 cm³/mol. The van der Waals surface area contributed by atoms with Gasteiger partial charge in [0.25, 0.3) is 0 Å². The van der Waals surface area contributed by atoms with Crippen LogP contribution in [0.5, 0.6) is 23.0 Å². The van der Waals surface area contributed by atoms with Crippen LogP contribution in [0.3, 0.4) is 0 Å². The Labute approximate surface area is 297 Å². The maximum Gasteiger partial charge on any atom is 0.421 e. The first-order valence-electron chi connectivity index (χ1n) is 16.1. The largest absolute Gasteiger partial charge is 0.455 e. The number of rotatable bonds is 8. The van der Waals surface area contributed by atoms with Gasteiger partial charge in [0.05, 0.1) is 23.4 Å². The third-order valence-corrected chi connectivity index (χ3v) is 9.02. The van der Waals surface area contributed by atoms with Crippen LogP contribution >= 0.6 is 0 Å². The smallest absolute Gasteiger partial charge is 0.421 e. The second-order valence-electron chi connectivity index (χ2n) is 13.2. The molecule has 2 unspecified atom stereocenters. The van der Waals surface area contributed by atoms with Crippen molar-refractivity contribution in [2.24, 2.45) is 0 Å². The molecule has 0 aliphatic rings. The van der Waals surface area contributed by atoms with Crippen LogP contribution in [0.4, 0.5) is 26.3 Å². The van der Waals surface area contributed by atoms with E-state index in [0.717, 1.165) is 28.7 Å². The molecule has 0 aliphatic carbocycles. The summed E-state index contributed by atoms with van der Waals surface area (Å²) in [4.78, 5) is 8.51. The SMILES string of the molecule is CC(O)(c1ccccc1Oc1cnc2ccccc2c1)C(F)(F)F.CC(O[Si](C)(C)C)(c1ccccc1Oc1cnc2ccccc2c1)C(F)(F)F. The van der Waals surface area contributed by atoms with E-state index in [-0.39, 0.29) is 22.6 Å². The van der Waals surface area contributed by atoms with Gasteiger partial charge in [0.2, 0.25) is 0 Å². The van der Waals surface area contributed by atoms with Crippen LogP contribution in [0.25, 0.3) is 21.8 Å². The van der Waals surface area contributed by atoms with E-state index < -0.39 is 31.9 Å². The van der Waals surface area contributed by atoms with Crippen LogP contribution in [0.1, 0.15) is 25.0 Å². The van der Waals surface area contributed by atoms with Gasteiger partial charge >= 0.3 is 12.4 Å². The summed E-state index contributed by atoms with van der Waals surface area (Å²) in [5.41, 5.74) is -4.37. The maximum absolute atomic E-state index is 14.1. The highest BCUT2D eigenvalue weighted by molar-refractivity contribution is 6.69. The van der Waals surface area contributed by atoms with Crippen molar-refractivity contribution in [3.63, 3.8) is 0 Å². The van der Waals surface area contributed by atoms with Gasteiger partial charge in [-0.15, -0.1) is 0 Å². The van der Waals surface area contributed by atoms with Crippen LogP contribution in [0.2, 0.25) is 19.6 Å². The molecule has 0 saturated heterocycles. The van der Waals surface area contributed by atoms with Gasteiger partial charge in [0.15, 0.2) is 19.5 Å². The van der Waals surface area contributed by atoms with Crippen molar-refractivity contribution in [2.75, 3.05) is 0 Å². The van der Waals surface area contributed by atoms with Crippen molar-refractivity contribution in [1.29, 1.82) is 0 Å². The number of aliphatic hydroxyl groups is 1. The van der Waals surface area contributed by atoms with Crippen molar-refractivity contribution in [1.82, 2.24) is 9.97 Å². The minimum Gasteiger partial charge on any atom is -0.455 e. The Morgan fingerprint density at radius 2 is 0.962 bits per heavy atom. The molecule has 52 heavy (non-hydrogen) atoms. The molecule has 6 nitrogen and oxygen atoms in total. The monoisotopic (exact) mass is 738 g/mol. The molecule has 0 bridgehead atoms. The summed E-state index contributed by atoms with van der Waals surface area (Å²) in [7, 11) is -2.52. The van der Waals surface area contributed by atoms with Crippen molar-refractivity contribution in [3.8, 4) is 23.0 Å². The number of nitrogens with zero attached hydrogens (tertiary/aromatic N) is 2. The zero-order chi connectivity index (χ0) is 38.0. The first-order chi connectivity index (χ1) is 24.3. The topological polar surface area (TPSA) is 73.7 Å². The molecule has 0 spiro atoms. The molecule has 0 fully saturated rings. The number of hydrogen-bond donors (Lipinski definition) is 1. The number of pyridine rings is 2. The van der Waals surface area contributed by atoms with E-state index in [4.69, 9.17) is 13.9 Å². The normalized spacial score (nSPS) is 14.5. The van der Waals surface area contributed by atoms with Crippen LogP contribution in [0.15, 0.2) is 122 Å². The summed E-state index contributed by atoms with van der Waals surface area (Å²) in [6.45, 7) is 6.95. The lowest BCUT2D eigenvalue weighted by Crippen LogP contribution is -2.48. The molecule has 272 valence electrons. The average molecular weight is 739 g/mol. The van der Waals surface area contributed by atoms with Crippen molar-refractivity contribution in [3.05, 3.63) is 133 Å². The van der Waals surface area contributed by atoms with Crippen molar-refractivity contribution in [2.45, 2.75) is 57.0 Å². The molecule has 2 heterocycles. The molecular weight excluding hydrogens is 703 g/mol. The van der Waals surface area contributed by atoms with Gasteiger partial charge in [-0.2, -0.15) is 26.3 Å². The van der Waals surface area contributed by atoms with Crippen LogP contribution in [0, 0.1) is 0 Å². The Morgan fingerprint density at radius 1 is 0.558 bits per heavy atom. The fourth-order valence-electron chi connectivity index (χ4n) is 5.41. The summed E-state index contributed by atoms with van der Waals surface area (Å²) >= 11 is 0. The fourth-order valence-corrected chi connectivity index (χ4v) is 6.86. The van der Waals surface area contributed by atoms with Gasteiger partial charge in [-0.3, -0.25) is 9.97 Å². The predicted octanol–water partition coefficient (Wildman–Crippen LogP) is 11.5. The highest BCUT2D eigenvalue weighted by atomic mass is 28.4. The van der Waals surface area contributed by atoms with Crippen molar-refractivity contribution >= 4 is 30.1 Å². The molecule has 6 rings (SSSR count). The van der Waals surface area contributed by atoms with Gasteiger partial charge in [0, 0.05) is 21.9 Å². The fraction of sp³-hybridized carbons (Fsp3) is 0.231. The lowest BCUT2D eigenvalue weighted by molar-refractivity contribution is -0.259. The van der Waals surface area contributed by atoms with E-state index in [9.17, 15) is 31.4 Å². The van der Waals surface area contributed by atoms with E-state index >= 15 is 0 Å². The molecule has 0 saturated carbocycles. The van der Waals surface area contributed by atoms with E-state index in [2.05, 4.69) is 9.97 Å². The van der Waals surface area contributed by atoms with Gasteiger partial charge in [-0.25, -0.2) is 0 Å². The highest BCUT2D eigenvalue weighted by Gasteiger charge is 2.56. The molecule has 6 aromatic rings. The van der Waals surface area contributed by atoms with Gasteiger partial charge in [0.1, 0.15) is 23.0 Å². The molecule has 2 aromatic heterocycles. The summed E-state index contributed by atoms with van der Waals surface area (Å²) < 4.78 is 98.7. The highest BCUT2D eigenvalue weighted by Crippen LogP contribution is 2.48. The Morgan fingerprint density at radius 3 is 1.40 bits per heavy atom. The minimum absolute atomic E-state index is 0.0573. The molecule has 0 radical (unpaired) electrons. The third-order valence-electron chi connectivity index (χ3n) is 8.00. The van der Waals surface area contributed by atoms with Gasteiger partial charge in [-0.1, -0.05) is 72.8 Å². The molecule has 1 N–H and O–H groups in total.